The number of hydrogen-bond acceptors (Lipinski definition) is 2. The fraction of sp³-hybridized carbons (Fsp3) is 0.235. The van der Waals surface area contributed by atoms with Crippen molar-refractivity contribution in [3.8, 4) is 0 Å². The van der Waals surface area contributed by atoms with E-state index in [-0.39, 0.29) is 5.78 Å². The average Bonchev–Trinajstić information content (AvgIpc) is 2.74. The summed E-state index contributed by atoms with van der Waals surface area (Å²) >= 11 is 1.70. The summed E-state index contributed by atoms with van der Waals surface area (Å²) in [6, 6.07) is 16.3. The van der Waals surface area contributed by atoms with Crippen LogP contribution in [0.15, 0.2) is 53.4 Å². The molecular formula is C17H16OS. The maximum atomic E-state index is 12.9. The van der Waals surface area contributed by atoms with Crippen LogP contribution in [0, 0.1) is 6.92 Å². The van der Waals surface area contributed by atoms with Crippen LogP contribution in [0.25, 0.3) is 0 Å². The maximum Gasteiger partial charge on any atom is 0.184 e. The van der Waals surface area contributed by atoms with E-state index >= 15 is 0 Å². The van der Waals surface area contributed by atoms with Crippen LogP contribution < -0.4 is 0 Å². The van der Waals surface area contributed by atoms with Gasteiger partial charge in [0.2, 0.25) is 0 Å². The highest BCUT2D eigenvalue weighted by Crippen LogP contribution is 2.53. The fourth-order valence-electron chi connectivity index (χ4n) is 2.70. The second kappa shape index (κ2) is 4.53. The van der Waals surface area contributed by atoms with E-state index in [1.807, 2.05) is 31.2 Å². The van der Waals surface area contributed by atoms with Crippen LogP contribution >= 0.6 is 11.8 Å². The molecule has 0 amide bonds. The first kappa shape index (κ1) is 12.5. The molecule has 2 aromatic rings. The largest absolute Gasteiger partial charge is 0.292 e. The van der Waals surface area contributed by atoms with E-state index in [0.29, 0.717) is 0 Å². The lowest BCUT2D eigenvalue weighted by Gasteiger charge is -2.25. The number of hydrogen-bond donors (Lipinski definition) is 0. The normalized spacial score (nSPS) is 21.5. The van der Waals surface area contributed by atoms with E-state index in [1.54, 1.807) is 11.8 Å². The van der Waals surface area contributed by atoms with Gasteiger partial charge >= 0.3 is 0 Å². The molecule has 0 fully saturated rings. The number of carbonyl (C=O) groups excluding carboxylic acids is 1. The molecule has 1 aliphatic heterocycles. The minimum atomic E-state index is -0.433. The third kappa shape index (κ3) is 1.82. The van der Waals surface area contributed by atoms with Gasteiger partial charge in [-0.05, 0) is 31.0 Å². The number of Topliss-reactive ketones (excluding diaryl/α,β-unsaturated/α-hetero) is 1. The second-order valence-corrected chi connectivity index (χ2v) is 6.32. The molecule has 0 N–H and O–H groups in total. The summed E-state index contributed by atoms with van der Waals surface area (Å²) < 4.78 is -0.433. The zero-order chi connectivity index (χ0) is 13.5. The van der Waals surface area contributed by atoms with Gasteiger partial charge in [-0.25, -0.2) is 0 Å². The van der Waals surface area contributed by atoms with E-state index in [0.717, 1.165) is 28.0 Å². The Morgan fingerprint density at radius 2 is 1.84 bits per heavy atom. The van der Waals surface area contributed by atoms with Crippen LogP contribution in [-0.4, -0.2) is 5.78 Å². The van der Waals surface area contributed by atoms with Crippen molar-refractivity contribution < 1.29 is 4.79 Å². The lowest BCUT2D eigenvalue weighted by molar-refractivity contribution is 0.0943. The van der Waals surface area contributed by atoms with Crippen LogP contribution in [0.5, 0.6) is 0 Å². The van der Waals surface area contributed by atoms with Crippen molar-refractivity contribution >= 4 is 17.5 Å². The standard InChI is InChI=1S/C17H16OS/c1-3-17(13-7-5-4-6-8-13)16(18)14-11-12(2)9-10-15(14)19-17/h4-11H,3H2,1-2H3. The predicted molar refractivity (Wildman–Crippen MR) is 79.8 cm³/mol. The lowest BCUT2D eigenvalue weighted by atomic mass is 9.87. The van der Waals surface area contributed by atoms with Crippen molar-refractivity contribution in [2.45, 2.75) is 29.9 Å². The number of aryl methyl sites for hydroxylation is 1. The Bertz CT molecular complexity index is 633. The molecule has 1 heterocycles. The van der Waals surface area contributed by atoms with Gasteiger partial charge < -0.3 is 0 Å². The van der Waals surface area contributed by atoms with Gasteiger partial charge in [-0.1, -0.05) is 48.9 Å². The molecule has 0 aromatic heterocycles. The third-order valence-corrected chi connectivity index (χ3v) is 5.40. The molecule has 0 aliphatic carbocycles. The summed E-state index contributed by atoms with van der Waals surface area (Å²) in [4.78, 5) is 14.0. The molecule has 1 nitrogen and oxygen atoms in total. The lowest BCUT2D eigenvalue weighted by Crippen LogP contribution is -2.27. The zero-order valence-corrected chi connectivity index (χ0v) is 12.0. The quantitative estimate of drug-likeness (QED) is 0.792. The smallest absolute Gasteiger partial charge is 0.184 e. The maximum absolute atomic E-state index is 12.9. The van der Waals surface area contributed by atoms with Crippen LogP contribution in [0.1, 0.15) is 34.8 Å². The van der Waals surface area contributed by atoms with E-state index in [4.69, 9.17) is 0 Å². The topological polar surface area (TPSA) is 17.1 Å². The van der Waals surface area contributed by atoms with Gasteiger partial charge in [-0.15, -0.1) is 11.8 Å². The molecule has 1 unspecified atom stereocenters. The minimum Gasteiger partial charge on any atom is -0.292 e. The van der Waals surface area contributed by atoms with Crippen molar-refractivity contribution in [3.63, 3.8) is 0 Å². The van der Waals surface area contributed by atoms with Crippen molar-refractivity contribution in [2.75, 3.05) is 0 Å². The monoisotopic (exact) mass is 268 g/mol. The molecule has 1 atom stereocenters. The SMILES string of the molecule is CCC1(c2ccccc2)Sc2ccc(C)cc2C1=O. The first-order valence-corrected chi connectivity index (χ1v) is 7.39. The molecule has 19 heavy (non-hydrogen) atoms. The third-order valence-electron chi connectivity index (χ3n) is 3.77. The van der Waals surface area contributed by atoms with E-state index in [1.165, 1.54) is 0 Å². The molecule has 0 radical (unpaired) electrons. The Hall–Kier alpha value is -1.54. The molecule has 0 spiro atoms. The predicted octanol–water partition coefficient (Wildman–Crippen LogP) is 4.59. The fourth-order valence-corrected chi connectivity index (χ4v) is 4.07. The number of benzene rings is 2. The van der Waals surface area contributed by atoms with Crippen molar-refractivity contribution in [2.24, 2.45) is 0 Å². The summed E-state index contributed by atoms with van der Waals surface area (Å²) in [7, 11) is 0. The Morgan fingerprint density at radius 3 is 2.53 bits per heavy atom. The summed E-state index contributed by atoms with van der Waals surface area (Å²) in [5, 5.41) is 0. The van der Waals surface area contributed by atoms with Gasteiger partial charge in [0.1, 0.15) is 4.75 Å². The van der Waals surface area contributed by atoms with E-state index < -0.39 is 4.75 Å². The van der Waals surface area contributed by atoms with E-state index in [9.17, 15) is 4.79 Å². The molecule has 0 saturated heterocycles. The molecule has 2 aromatic carbocycles. The van der Waals surface area contributed by atoms with Crippen molar-refractivity contribution in [1.29, 1.82) is 0 Å². The van der Waals surface area contributed by atoms with Crippen molar-refractivity contribution in [3.05, 3.63) is 65.2 Å². The van der Waals surface area contributed by atoms with Crippen LogP contribution in [-0.2, 0) is 4.75 Å². The number of thioether (sulfide) groups is 1. The Kier molecular flexibility index (Phi) is 2.98. The van der Waals surface area contributed by atoms with Gasteiger partial charge in [0.15, 0.2) is 5.78 Å². The van der Waals surface area contributed by atoms with Crippen molar-refractivity contribution in [1.82, 2.24) is 0 Å². The van der Waals surface area contributed by atoms with E-state index in [2.05, 4.69) is 31.2 Å². The highest BCUT2D eigenvalue weighted by molar-refractivity contribution is 8.01. The Morgan fingerprint density at radius 1 is 1.11 bits per heavy atom. The molecule has 2 heteroatoms. The highest BCUT2D eigenvalue weighted by Gasteiger charge is 2.46. The van der Waals surface area contributed by atoms with Gasteiger partial charge in [0.05, 0.1) is 0 Å². The first-order valence-electron chi connectivity index (χ1n) is 6.57. The second-order valence-electron chi connectivity index (χ2n) is 4.98. The average molecular weight is 268 g/mol. The molecule has 3 rings (SSSR count). The Labute approximate surface area is 118 Å². The van der Waals surface area contributed by atoms with Gasteiger partial charge in [0, 0.05) is 10.5 Å². The van der Waals surface area contributed by atoms with Crippen LogP contribution in [0.2, 0.25) is 0 Å². The van der Waals surface area contributed by atoms with Gasteiger partial charge in [-0.3, -0.25) is 4.79 Å². The minimum absolute atomic E-state index is 0.255. The highest BCUT2D eigenvalue weighted by atomic mass is 32.2. The summed E-state index contributed by atoms with van der Waals surface area (Å²) in [5.74, 6) is 0.255. The van der Waals surface area contributed by atoms with Crippen LogP contribution in [0.4, 0.5) is 0 Å². The van der Waals surface area contributed by atoms with Gasteiger partial charge in [0.25, 0.3) is 0 Å². The van der Waals surface area contributed by atoms with Gasteiger partial charge in [-0.2, -0.15) is 0 Å². The zero-order valence-electron chi connectivity index (χ0n) is 11.1. The number of carbonyl (C=O) groups is 1. The summed E-state index contributed by atoms with van der Waals surface area (Å²) in [6.07, 6.45) is 0.814. The summed E-state index contributed by atoms with van der Waals surface area (Å²) in [6.45, 7) is 4.13. The number of rotatable bonds is 2. The molecule has 0 saturated carbocycles. The molecule has 1 aliphatic rings. The number of fused-ring (bicyclic) bond motifs is 1. The number of ketones is 1. The summed E-state index contributed by atoms with van der Waals surface area (Å²) in [5.41, 5.74) is 3.14. The van der Waals surface area contributed by atoms with Crippen LogP contribution in [0.3, 0.4) is 0 Å². The molecular weight excluding hydrogens is 252 g/mol. The molecule has 96 valence electrons. The molecule has 0 bridgehead atoms. The first-order chi connectivity index (χ1) is 9.17. The Balaban J connectivity index is 2.15.